The predicted octanol–water partition coefficient (Wildman–Crippen LogP) is 6.80. The van der Waals surface area contributed by atoms with Crippen LogP contribution in [-0.4, -0.2) is 43.8 Å². The van der Waals surface area contributed by atoms with E-state index in [9.17, 15) is 31.2 Å². The fourth-order valence-electron chi connectivity index (χ4n) is 3.96. The molecule has 0 aliphatic carbocycles. The molecule has 0 aromatic heterocycles. The molecule has 0 radical (unpaired) electrons. The van der Waals surface area contributed by atoms with Crippen molar-refractivity contribution in [2.24, 2.45) is 0 Å². The number of hydrogen-bond donors (Lipinski definition) is 1. The molecule has 0 fully saturated rings. The second kappa shape index (κ2) is 13.5. The van der Waals surface area contributed by atoms with Gasteiger partial charge in [-0.3, -0.25) is 13.9 Å². The number of halogens is 6. The molecule has 42 heavy (non-hydrogen) atoms. The van der Waals surface area contributed by atoms with Gasteiger partial charge in [0.05, 0.1) is 31.2 Å². The second-order valence-electron chi connectivity index (χ2n) is 9.60. The van der Waals surface area contributed by atoms with Gasteiger partial charge in [-0.1, -0.05) is 59.1 Å². The SMILES string of the molecule is CC(C)NC(=O)[C@@H](C)N(Cc1ccc(Cl)c(Cl)c1)C(=O)CN(c1ccc(Cl)c(C(F)(F)F)c1)S(=O)(=O)c1ccccc1. The molecule has 3 rings (SSSR count). The molecule has 7 nitrogen and oxygen atoms in total. The number of nitrogens with one attached hydrogen (secondary N) is 1. The van der Waals surface area contributed by atoms with Gasteiger partial charge in [-0.25, -0.2) is 8.42 Å². The summed E-state index contributed by atoms with van der Waals surface area (Å²) in [5.41, 5.74) is -1.25. The van der Waals surface area contributed by atoms with Crippen LogP contribution in [0.3, 0.4) is 0 Å². The summed E-state index contributed by atoms with van der Waals surface area (Å²) in [6, 6.07) is 12.7. The number of nitrogens with zero attached hydrogens (tertiary/aromatic N) is 2. The highest BCUT2D eigenvalue weighted by Crippen LogP contribution is 2.38. The summed E-state index contributed by atoms with van der Waals surface area (Å²) in [4.78, 5) is 27.7. The Labute approximate surface area is 257 Å². The van der Waals surface area contributed by atoms with Crippen molar-refractivity contribution in [3.05, 3.63) is 92.9 Å². The zero-order valence-corrected chi connectivity index (χ0v) is 25.7. The lowest BCUT2D eigenvalue weighted by molar-refractivity contribution is -0.139. The van der Waals surface area contributed by atoms with Crippen molar-refractivity contribution in [3.8, 4) is 0 Å². The molecular weight excluding hydrogens is 638 g/mol. The van der Waals surface area contributed by atoms with E-state index in [-0.39, 0.29) is 27.5 Å². The van der Waals surface area contributed by atoms with Crippen molar-refractivity contribution >= 4 is 62.3 Å². The largest absolute Gasteiger partial charge is 0.417 e. The Morgan fingerprint density at radius 1 is 0.881 bits per heavy atom. The Hall–Kier alpha value is -2.99. The highest BCUT2D eigenvalue weighted by atomic mass is 35.5. The van der Waals surface area contributed by atoms with Crippen LogP contribution in [-0.2, 0) is 32.3 Å². The van der Waals surface area contributed by atoms with Crippen LogP contribution < -0.4 is 9.62 Å². The first-order chi connectivity index (χ1) is 19.5. The van der Waals surface area contributed by atoms with E-state index in [4.69, 9.17) is 34.8 Å². The van der Waals surface area contributed by atoms with Crippen LogP contribution in [0.2, 0.25) is 15.1 Å². The van der Waals surface area contributed by atoms with E-state index in [1.165, 1.54) is 43.3 Å². The summed E-state index contributed by atoms with van der Waals surface area (Å²) in [6.07, 6.45) is -4.90. The van der Waals surface area contributed by atoms with Gasteiger partial charge in [-0.15, -0.1) is 0 Å². The Morgan fingerprint density at radius 3 is 2.07 bits per heavy atom. The van der Waals surface area contributed by atoms with Crippen LogP contribution in [0.15, 0.2) is 71.6 Å². The van der Waals surface area contributed by atoms with Crippen molar-refractivity contribution in [1.82, 2.24) is 10.2 Å². The maximum Gasteiger partial charge on any atom is 0.417 e. The average molecular weight is 665 g/mol. The number of amides is 2. The topological polar surface area (TPSA) is 86.8 Å². The summed E-state index contributed by atoms with van der Waals surface area (Å²) in [5, 5.41) is 2.51. The highest BCUT2D eigenvalue weighted by molar-refractivity contribution is 7.92. The molecule has 0 saturated carbocycles. The molecule has 1 atom stereocenters. The number of carbonyl (C=O) groups is 2. The number of anilines is 1. The molecule has 0 bridgehead atoms. The van der Waals surface area contributed by atoms with Gasteiger partial charge in [-0.2, -0.15) is 13.2 Å². The molecule has 226 valence electrons. The summed E-state index contributed by atoms with van der Waals surface area (Å²) in [6.45, 7) is 3.78. The molecule has 0 spiro atoms. The van der Waals surface area contributed by atoms with Gasteiger partial charge in [0.25, 0.3) is 10.0 Å². The van der Waals surface area contributed by atoms with Crippen LogP contribution in [0.5, 0.6) is 0 Å². The number of hydrogen-bond acceptors (Lipinski definition) is 4. The van der Waals surface area contributed by atoms with Gasteiger partial charge >= 0.3 is 6.18 Å². The molecule has 0 unspecified atom stereocenters. The van der Waals surface area contributed by atoms with Crippen LogP contribution >= 0.6 is 34.8 Å². The minimum absolute atomic E-state index is 0.184. The molecule has 0 heterocycles. The third-order valence-electron chi connectivity index (χ3n) is 6.09. The third-order valence-corrected chi connectivity index (χ3v) is 8.95. The molecule has 0 saturated heterocycles. The van der Waals surface area contributed by atoms with E-state index in [0.29, 0.717) is 15.9 Å². The van der Waals surface area contributed by atoms with Crippen LogP contribution in [0.25, 0.3) is 0 Å². The summed E-state index contributed by atoms with van der Waals surface area (Å²) in [7, 11) is -4.57. The van der Waals surface area contributed by atoms with Crippen molar-refractivity contribution < 1.29 is 31.2 Å². The quantitative estimate of drug-likeness (QED) is 0.258. The van der Waals surface area contributed by atoms with Crippen LogP contribution in [0, 0.1) is 0 Å². The van der Waals surface area contributed by atoms with E-state index in [2.05, 4.69) is 5.32 Å². The van der Waals surface area contributed by atoms with Gasteiger partial charge in [0.1, 0.15) is 12.6 Å². The molecule has 0 aliphatic heterocycles. The lowest BCUT2D eigenvalue weighted by Crippen LogP contribution is -2.52. The van der Waals surface area contributed by atoms with E-state index >= 15 is 0 Å². The molecule has 0 aliphatic rings. The van der Waals surface area contributed by atoms with E-state index in [1.54, 1.807) is 26.0 Å². The van der Waals surface area contributed by atoms with Crippen molar-refractivity contribution in [3.63, 3.8) is 0 Å². The number of alkyl halides is 3. The number of rotatable bonds is 10. The van der Waals surface area contributed by atoms with Gasteiger partial charge in [0.2, 0.25) is 11.8 Å². The first-order valence-electron chi connectivity index (χ1n) is 12.5. The monoisotopic (exact) mass is 663 g/mol. The molecule has 14 heteroatoms. The smallest absolute Gasteiger partial charge is 0.352 e. The molecule has 2 amide bonds. The van der Waals surface area contributed by atoms with Gasteiger partial charge in [-0.05, 0) is 68.8 Å². The molecular formula is C28H27Cl3F3N3O4S. The maximum absolute atomic E-state index is 13.9. The Bertz CT molecular complexity index is 1550. The Morgan fingerprint density at radius 2 is 1.50 bits per heavy atom. The minimum Gasteiger partial charge on any atom is -0.352 e. The second-order valence-corrected chi connectivity index (χ2v) is 12.7. The van der Waals surface area contributed by atoms with E-state index in [0.717, 1.165) is 17.0 Å². The number of carbonyl (C=O) groups excluding carboxylic acids is 2. The molecule has 3 aromatic rings. The lowest BCUT2D eigenvalue weighted by atomic mass is 10.1. The first kappa shape index (κ1) is 33.5. The van der Waals surface area contributed by atoms with Crippen molar-refractivity contribution in [2.45, 2.75) is 50.5 Å². The fourth-order valence-corrected chi connectivity index (χ4v) is 5.93. The first-order valence-corrected chi connectivity index (χ1v) is 15.1. The zero-order chi connectivity index (χ0) is 31.4. The van der Waals surface area contributed by atoms with E-state index in [1.807, 2.05) is 0 Å². The minimum atomic E-state index is -4.90. The van der Waals surface area contributed by atoms with Gasteiger partial charge in [0, 0.05) is 12.6 Å². The van der Waals surface area contributed by atoms with E-state index < -0.39 is 56.9 Å². The summed E-state index contributed by atoms with van der Waals surface area (Å²) < 4.78 is 69.2. The normalized spacial score (nSPS) is 12.6. The number of sulfonamides is 1. The highest BCUT2D eigenvalue weighted by Gasteiger charge is 2.37. The van der Waals surface area contributed by atoms with Crippen molar-refractivity contribution in [2.75, 3.05) is 10.8 Å². The summed E-state index contributed by atoms with van der Waals surface area (Å²) in [5.74, 6) is -1.39. The Kier molecular flexibility index (Phi) is 10.8. The maximum atomic E-state index is 13.9. The standard InChI is InChI=1S/C28H27Cl3F3N3O4S/c1-17(2)35-27(39)18(3)36(15-19-9-11-24(30)25(31)13-19)26(38)16-37(42(40,41)21-7-5-4-6-8-21)20-10-12-23(29)22(14-20)28(32,33)34/h4-14,17-18H,15-16H2,1-3H3,(H,35,39)/t18-/m1/s1. The van der Waals surface area contributed by atoms with Crippen molar-refractivity contribution in [1.29, 1.82) is 0 Å². The Balaban J connectivity index is 2.12. The average Bonchev–Trinajstić information content (AvgIpc) is 2.91. The van der Waals surface area contributed by atoms with Crippen LogP contribution in [0.4, 0.5) is 18.9 Å². The predicted molar refractivity (Wildman–Crippen MR) is 157 cm³/mol. The molecule has 1 N–H and O–H groups in total. The number of benzene rings is 3. The molecule has 3 aromatic carbocycles. The zero-order valence-electron chi connectivity index (χ0n) is 22.6. The van der Waals surface area contributed by atoms with Gasteiger partial charge < -0.3 is 10.2 Å². The lowest BCUT2D eigenvalue weighted by Gasteiger charge is -2.32. The third kappa shape index (κ3) is 8.09. The fraction of sp³-hybridized carbons (Fsp3) is 0.286. The van der Waals surface area contributed by atoms with Gasteiger partial charge in [0.15, 0.2) is 0 Å². The van der Waals surface area contributed by atoms with Crippen LogP contribution in [0.1, 0.15) is 31.9 Å². The summed E-state index contributed by atoms with van der Waals surface area (Å²) >= 11 is 17.9.